The Labute approximate surface area is 207 Å². The van der Waals surface area contributed by atoms with Crippen LogP contribution in [0.3, 0.4) is 0 Å². The van der Waals surface area contributed by atoms with Crippen LogP contribution in [0.15, 0.2) is 66.7 Å². The lowest BCUT2D eigenvalue weighted by atomic mass is 9.94. The SMILES string of the molecule is Cc1cc(C)cc(-c2[nH]c3ccc(N)cc3c2CCC(NC(=O)OC(C)(C)C)c2ccccc2)c1. The van der Waals surface area contributed by atoms with Crippen molar-refractivity contribution in [2.75, 3.05) is 5.73 Å². The van der Waals surface area contributed by atoms with E-state index < -0.39 is 11.7 Å². The van der Waals surface area contributed by atoms with Crippen molar-refractivity contribution in [3.8, 4) is 11.3 Å². The van der Waals surface area contributed by atoms with E-state index in [1.54, 1.807) is 0 Å². The third-order valence-corrected chi connectivity index (χ3v) is 6.02. The van der Waals surface area contributed by atoms with Crippen LogP contribution in [0.5, 0.6) is 0 Å². The fourth-order valence-electron chi connectivity index (χ4n) is 4.64. The third-order valence-electron chi connectivity index (χ3n) is 6.02. The van der Waals surface area contributed by atoms with Crippen LogP contribution >= 0.6 is 0 Å². The maximum Gasteiger partial charge on any atom is 0.408 e. The van der Waals surface area contributed by atoms with Gasteiger partial charge in [0.25, 0.3) is 0 Å². The number of nitrogens with two attached hydrogens (primary N) is 1. The Kier molecular flexibility index (Phi) is 6.88. The summed E-state index contributed by atoms with van der Waals surface area (Å²) in [5.74, 6) is 0. The molecule has 0 bridgehead atoms. The predicted molar refractivity (Wildman–Crippen MR) is 144 cm³/mol. The van der Waals surface area contributed by atoms with Crippen LogP contribution in [-0.4, -0.2) is 16.7 Å². The average Bonchev–Trinajstić information content (AvgIpc) is 3.13. The van der Waals surface area contributed by atoms with Crippen molar-refractivity contribution < 1.29 is 9.53 Å². The van der Waals surface area contributed by atoms with E-state index in [0.29, 0.717) is 6.42 Å². The summed E-state index contributed by atoms with van der Waals surface area (Å²) < 4.78 is 5.56. The van der Waals surface area contributed by atoms with E-state index in [4.69, 9.17) is 10.5 Å². The lowest BCUT2D eigenvalue weighted by Gasteiger charge is -2.24. The zero-order chi connectivity index (χ0) is 25.2. The van der Waals surface area contributed by atoms with E-state index in [0.717, 1.165) is 39.8 Å². The molecular formula is C30H35N3O2. The molecule has 5 nitrogen and oxygen atoms in total. The highest BCUT2D eigenvalue weighted by molar-refractivity contribution is 5.92. The lowest BCUT2D eigenvalue weighted by molar-refractivity contribution is 0.0501. The molecule has 0 fully saturated rings. The van der Waals surface area contributed by atoms with E-state index in [1.807, 2.05) is 69.3 Å². The zero-order valence-corrected chi connectivity index (χ0v) is 21.2. The van der Waals surface area contributed by atoms with Crippen molar-refractivity contribution in [2.45, 2.75) is 59.1 Å². The number of aryl methyl sites for hydroxylation is 3. The molecule has 0 spiro atoms. The number of carbonyl (C=O) groups is 1. The Balaban J connectivity index is 1.71. The summed E-state index contributed by atoms with van der Waals surface area (Å²) in [5, 5.41) is 4.21. The number of benzene rings is 3. The summed E-state index contributed by atoms with van der Waals surface area (Å²) in [6.07, 6.45) is 1.05. The third kappa shape index (κ3) is 6.04. The number of H-pyrrole nitrogens is 1. The molecule has 1 aromatic heterocycles. The molecule has 3 aromatic carbocycles. The number of hydrogen-bond donors (Lipinski definition) is 3. The fraction of sp³-hybridized carbons (Fsp3) is 0.300. The first-order valence-electron chi connectivity index (χ1n) is 12.1. The molecule has 1 atom stereocenters. The first kappa shape index (κ1) is 24.4. The van der Waals surface area contributed by atoms with Crippen molar-refractivity contribution in [3.05, 3.63) is 89.0 Å². The first-order chi connectivity index (χ1) is 16.6. The monoisotopic (exact) mass is 469 g/mol. The smallest absolute Gasteiger partial charge is 0.408 e. The quantitative estimate of drug-likeness (QED) is 0.261. The predicted octanol–water partition coefficient (Wildman–Crippen LogP) is 7.23. The highest BCUT2D eigenvalue weighted by Crippen LogP contribution is 2.35. The molecule has 0 aliphatic rings. The van der Waals surface area contributed by atoms with E-state index >= 15 is 0 Å². The molecule has 0 saturated carbocycles. The van der Waals surface area contributed by atoms with Crippen LogP contribution in [0.25, 0.3) is 22.2 Å². The van der Waals surface area contributed by atoms with Gasteiger partial charge in [-0.3, -0.25) is 0 Å². The van der Waals surface area contributed by atoms with Crippen LogP contribution < -0.4 is 11.1 Å². The Morgan fingerprint density at radius 3 is 2.34 bits per heavy atom. The Bertz CT molecular complexity index is 1310. The topological polar surface area (TPSA) is 80.1 Å². The zero-order valence-electron chi connectivity index (χ0n) is 21.2. The van der Waals surface area contributed by atoms with Gasteiger partial charge >= 0.3 is 6.09 Å². The van der Waals surface area contributed by atoms with Crippen molar-refractivity contribution >= 4 is 22.7 Å². The van der Waals surface area contributed by atoms with Gasteiger partial charge in [-0.2, -0.15) is 0 Å². The molecule has 1 amide bonds. The molecule has 4 rings (SSSR count). The highest BCUT2D eigenvalue weighted by Gasteiger charge is 2.22. The van der Waals surface area contributed by atoms with Crippen LogP contribution in [0, 0.1) is 13.8 Å². The molecule has 1 heterocycles. The largest absolute Gasteiger partial charge is 0.444 e. The number of nitrogen functional groups attached to an aromatic ring is 1. The molecule has 0 aliphatic carbocycles. The Morgan fingerprint density at radius 2 is 1.69 bits per heavy atom. The van der Waals surface area contributed by atoms with Gasteiger partial charge in [-0.25, -0.2) is 4.79 Å². The van der Waals surface area contributed by atoms with E-state index in [-0.39, 0.29) is 6.04 Å². The van der Waals surface area contributed by atoms with E-state index in [9.17, 15) is 4.79 Å². The maximum absolute atomic E-state index is 12.7. The molecule has 0 radical (unpaired) electrons. The first-order valence-corrected chi connectivity index (χ1v) is 12.1. The number of aromatic nitrogens is 1. The summed E-state index contributed by atoms with van der Waals surface area (Å²) >= 11 is 0. The van der Waals surface area contributed by atoms with Gasteiger partial charge in [0.1, 0.15) is 5.60 Å². The van der Waals surface area contributed by atoms with Gasteiger partial charge in [-0.05, 0) is 94.5 Å². The van der Waals surface area contributed by atoms with Crippen LogP contribution in [0.2, 0.25) is 0 Å². The number of alkyl carbamates (subject to hydrolysis) is 1. The summed E-state index contributed by atoms with van der Waals surface area (Å²) in [5.41, 5.74) is 14.3. The summed E-state index contributed by atoms with van der Waals surface area (Å²) in [7, 11) is 0. The Morgan fingerprint density at radius 1 is 1.00 bits per heavy atom. The van der Waals surface area contributed by atoms with Gasteiger partial charge in [-0.1, -0.05) is 47.5 Å². The lowest BCUT2D eigenvalue weighted by Crippen LogP contribution is -2.35. The van der Waals surface area contributed by atoms with Crippen LogP contribution in [0.1, 0.15) is 55.5 Å². The van der Waals surface area contributed by atoms with Gasteiger partial charge < -0.3 is 20.8 Å². The molecule has 5 heteroatoms. The second-order valence-corrected chi connectivity index (χ2v) is 10.3. The van der Waals surface area contributed by atoms with Crippen LogP contribution in [-0.2, 0) is 11.2 Å². The number of nitrogens with one attached hydrogen (secondary N) is 2. The number of hydrogen-bond acceptors (Lipinski definition) is 3. The molecule has 4 aromatic rings. The normalized spacial score (nSPS) is 12.5. The molecule has 1 unspecified atom stereocenters. The summed E-state index contributed by atoms with van der Waals surface area (Å²) in [4.78, 5) is 16.3. The number of carbonyl (C=O) groups excluding carboxylic acids is 1. The second-order valence-electron chi connectivity index (χ2n) is 10.3. The number of ether oxygens (including phenoxy) is 1. The Hall–Kier alpha value is -3.73. The highest BCUT2D eigenvalue weighted by atomic mass is 16.6. The standard InChI is InChI=1S/C30H35N3O2/c1-19-15-20(2)17-22(16-19)28-24(25-18-23(31)11-13-27(25)32-28)12-14-26(21-9-7-6-8-10-21)33-29(34)35-30(3,4)5/h6-11,13,15-18,26,32H,12,14,31H2,1-5H3,(H,33,34). The van der Waals surface area contributed by atoms with Gasteiger partial charge in [0.2, 0.25) is 0 Å². The van der Waals surface area contributed by atoms with Crippen molar-refractivity contribution in [1.82, 2.24) is 10.3 Å². The number of anilines is 1. The van der Waals surface area contributed by atoms with Gasteiger partial charge in [0.15, 0.2) is 0 Å². The van der Waals surface area contributed by atoms with Crippen molar-refractivity contribution in [1.29, 1.82) is 0 Å². The molecule has 4 N–H and O–H groups in total. The van der Waals surface area contributed by atoms with Gasteiger partial charge in [0, 0.05) is 22.3 Å². The summed E-state index contributed by atoms with van der Waals surface area (Å²) in [6.45, 7) is 9.85. The number of aromatic amines is 1. The fourth-order valence-corrected chi connectivity index (χ4v) is 4.64. The minimum absolute atomic E-state index is 0.191. The van der Waals surface area contributed by atoms with Crippen molar-refractivity contribution in [2.24, 2.45) is 0 Å². The molecular weight excluding hydrogens is 434 g/mol. The summed E-state index contributed by atoms with van der Waals surface area (Å²) in [6, 6.07) is 22.4. The molecule has 182 valence electrons. The molecule has 35 heavy (non-hydrogen) atoms. The minimum Gasteiger partial charge on any atom is -0.444 e. The van der Waals surface area contributed by atoms with E-state index in [2.05, 4.69) is 42.3 Å². The van der Waals surface area contributed by atoms with Gasteiger partial charge in [0.05, 0.1) is 6.04 Å². The second kappa shape index (κ2) is 9.87. The molecule has 0 aliphatic heterocycles. The van der Waals surface area contributed by atoms with E-state index in [1.165, 1.54) is 16.7 Å². The number of amides is 1. The minimum atomic E-state index is -0.560. The van der Waals surface area contributed by atoms with Gasteiger partial charge in [-0.15, -0.1) is 0 Å². The van der Waals surface area contributed by atoms with Crippen LogP contribution in [0.4, 0.5) is 10.5 Å². The molecule has 0 saturated heterocycles. The maximum atomic E-state index is 12.7. The number of fused-ring (bicyclic) bond motifs is 1. The van der Waals surface area contributed by atoms with Crippen molar-refractivity contribution in [3.63, 3.8) is 0 Å². The number of rotatable bonds is 6. The average molecular weight is 470 g/mol.